The van der Waals surface area contributed by atoms with E-state index in [1.165, 1.54) is 6.20 Å². The molecule has 3 aromatic rings. The summed E-state index contributed by atoms with van der Waals surface area (Å²) < 4.78 is 5.09. The number of aromatic nitrogens is 2. The van der Waals surface area contributed by atoms with Gasteiger partial charge in [0.05, 0.1) is 6.61 Å². The van der Waals surface area contributed by atoms with Crippen LogP contribution < -0.4 is 11.1 Å². The third kappa shape index (κ3) is 4.10. The highest BCUT2D eigenvalue weighted by atomic mass is 35.5. The molecular weight excluding hydrogens is 352 g/mol. The van der Waals surface area contributed by atoms with Crippen molar-refractivity contribution in [2.45, 2.75) is 6.92 Å². The van der Waals surface area contributed by atoms with Crippen molar-refractivity contribution in [3.05, 3.63) is 65.3 Å². The normalized spacial score (nSPS) is 10.4. The average molecular weight is 369 g/mol. The molecule has 0 fully saturated rings. The first-order valence-electron chi connectivity index (χ1n) is 7.99. The molecule has 7 heteroatoms. The predicted molar refractivity (Wildman–Crippen MR) is 103 cm³/mol. The van der Waals surface area contributed by atoms with Gasteiger partial charge in [0.2, 0.25) is 0 Å². The lowest BCUT2D eigenvalue weighted by Gasteiger charge is -2.12. The van der Waals surface area contributed by atoms with E-state index >= 15 is 0 Å². The van der Waals surface area contributed by atoms with Crippen LogP contribution >= 0.6 is 11.6 Å². The average Bonchev–Trinajstić information content (AvgIpc) is 2.62. The molecule has 1 aromatic heterocycles. The van der Waals surface area contributed by atoms with Crippen LogP contribution in [0.3, 0.4) is 0 Å². The molecule has 0 atom stereocenters. The topological polar surface area (TPSA) is 90.1 Å². The van der Waals surface area contributed by atoms with E-state index in [2.05, 4.69) is 15.3 Å². The SMILES string of the molecule is CCOC(=O)c1cnc(-c2cccc(N)c2)nc1Nc1cccc(Cl)c1. The number of nitrogens with two attached hydrogens (primary N) is 1. The van der Waals surface area contributed by atoms with E-state index in [4.69, 9.17) is 22.1 Å². The number of carbonyl (C=O) groups is 1. The lowest BCUT2D eigenvalue weighted by atomic mass is 10.2. The Bertz CT molecular complexity index is 946. The van der Waals surface area contributed by atoms with Gasteiger partial charge in [-0.05, 0) is 37.3 Å². The Balaban J connectivity index is 2.04. The second-order valence-electron chi connectivity index (χ2n) is 5.44. The molecule has 6 nitrogen and oxygen atoms in total. The molecule has 26 heavy (non-hydrogen) atoms. The number of nitrogens with one attached hydrogen (secondary N) is 1. The minimum atomic E-state index is -0.504. The molecule has 3 N–H and O–H groups in total. The second-order valence-corrected chi connectivity index (χ2v) is 5.87. The molecule has 0 saturated carbocycles. The zero-order valence-electron chi connectivity index (χ0n) is 14.1. The molecule has 132 valence electrons. The molecule has 0 bridgehead atoms. The van der Waals surface area contributed by atoms with Crippen LogP contribution in [0.5, 0.6) is 0 Å². The van der Waals surface area contributed by atoms with Gasteiger partial charge in [-0.1, -0.05) is 29.8 Å². The molecule has 0 aliphatic rings. The van der Waals surface area contributed by atoms with Crippen LogP contribution in [0, 0.1) is 0 Å². The number of rotatable bonds is 5. The zero-order valence-corrected chi connectivity index (χ0v) is 14.8. The monoisotopic (exact) mass is 368 g/mol. The number of hydrogen-bond donors (Lipinski definition) is 2. The van der Waals surface area contributed by atoms with E-state index in [9.17, 15) is 4.79 Å². The predicted octanol–water partition coefficient (Wildman–Crippen LogP) is 4.30. The number of benzene rings is 2. The Morgan fingerprint density at radius 3 is 2.77 bits per heavy atom. The van der Waals surface area contributed by atoms with Gasteiger partial charge in [-0.25, -0.2) is 14.8 Å². The third-order valence-electron chi connectivity index (χ3n) is 3.52. The first-order valence-corrected chi connectivity index (χ1v) is 8.37. The maximum absolute atomic E-state index is 12.2. The van der Waals surface area contributed by atoms with Crippen LogP contribution in [-0.2, 0) is 4.74 Å². The number of anilines is 3. The van der Waals surface area contributed by atoms with Crippen molar-refractivity contribution in [2.24, 2.45) is 0 Å². The number of esters is 1. The first kappa shape index (κ1) is 17.7. The minimum absolute atomic E-state index is 0.236. The van der Waals surface area contributed by atoms with Gasteiger partial charge in [-0.2, -0.15) is 0 Å². The van der Waals surface area contributed by atoms with Crippen LogP contribution in [0.25, 0.3) is 11.4 Å². The van der Waals surface area contributed by atoms with Crippen molar-refractivity contribution in [1.29, 1.82) is 0 Å². The molecule has 0 aliphatic carbocycles. The van der Waals surface area contributed by atoms with Crippen molar-refractivity contribution >= 4 is 34.8 Å². The Kier molecular flexibility index (Phi) is 5.34. The number of nitrogen functional groups attached to an aromatic ring is 1. The Labute approximate surface area is 156 Å². The van der Waals surface area contributed by atoms with E-state index in [1.807, 2.05) is 18.2 Å². The summed E-state index contributed by atoms with van der Waals surface area (Å²) >= 11 is 6.03. The smallest absolute Gasteiger partial charge is 0.343 e. The van der Waals surface area contributed by atoms with Crippen LogP contribution in [-0.4, -0.2) is 22.5 Å². The summed E-state index contributed by atoms with van der Waals surface area (Å²) in [5, 5.41) is 3.68. The van der Waals surface area contributed by atoms with Gasteiger partial charge >= 0.3 is 5.97 Å². The fourth-order valence-corrected chi connectivity index (χ4v) is 2.55. The lowest BCUT2D eigenvalue weighted by molar-refractivity contribution is 0.0526. The largest absolute Gasteiger partial charge is 0.462 e. The van der Waals surface area contributed by atoms with Gasteiger partial charge in [-0.15, -0.1) is 0 Å². The first-order chi connectivity index (χ1) is 12.6. The van der Waals surface area contributed by atoms with Gasteiger partial charge in [0.15, 0.2) is 5.82 Å². The summed E-state index contributed by atoms with van der Waals surface area (Å²) in [7, 11) is 0. The molecule has 0 aliphatic heterocycles. The van der Waals surface area contributed by atoms with Crippen LogP contribution in [0.1, 0.15) is 17.3 Å². The van der Waals surface area contributed by atoms with Crippen molar-refractivity contribution in [3.8, 4) is 11.4 Å². The molecule has 0 spiro atoms. The van der Waals surface area contributed by atoms with Gasteiger partial charge < -0.3 is 15.8 Å². The van der Waals surface area contributed by atoms with Crippen molar-refractivity contribution < 1.29 is 9.53 Å². The summed E-state index contributed by atoms with van der Waals surface area (Å²) in [5.41, 5.74) is 8.11. The second kappa shape index (κ2) is 7.84. The van der Waals surface area contributed by atoms with E-state index in [0.717, 1.165) is 5.56 Å². The summed E-state index contributed by atoms with van der Waals surface area (Å²) in [4.78, 5) is 21.0. The van der Waals surface area contributed by atoms with E-state index < -0.39 is 5.97 Å². The van der Waals surface area contributed by atoms with Gasteiger partial charge in [0, 0.05) is 28.2 Å². The molecule has 0 amide bonds. The van der Waals surface area contributed by atoms with Gasteiger partial charge in [0.1, 0.15) is 11.4 Å². The van der Waals surface area contributed by atoms with Gasteiger partial charge in [-0.3, -0.25) is 0 Å². The van der Waals surface area contributed by atoms with E-state index in [-0.39, 0.29) is 12.2 Å². The highest BCUT2D eigenvalue weighted by Crippen LogP contribution is 2.25. The van der Waals surface area contributed by atoms with E-state index in [1.54, 1.807) is 37.3 Å². The Morgan fingerprint density at radius 2 is 2.04 bits per heavy atom. The maximum Gasteiger partial charge on any atom is 0.343 e. The number of hydrogen-bond acceptors (Lipinski definition) is 6. The summed E-state index contributed by atoms with van der Waals surface area (Å²) in [6.07, 6.45) is 1.44. The number of carbonyl (C=O) groups excluding carboxylic acids is 1. The van der Waals surface area contributed by atoms with Crippen LogP contribution in [0.4, 0.5) is 17.2 Å². The van der Waals surface area contributed by atoms with Crippen LogP contribution in [0.15, 0.2) is 54.7 Å². The molecule has 0 radical (unpaired) electrons. The third-order valence-corrected chi connectivity index (χ3v) is 3.75. The van der Waals surface area contributed by atoms with Crippen molar-refractivity contribution in [3.63, 3.8) is 0 Å². The lowest BCUT2D eigenvalue weighted by Crippen LogP contribution is -2.11. The van der Waals surface area contributed by atoms with Crippen LogP contribution in [0.2, 0.25) is 5.02 Å². The summed E-state index contributed by atoms with van der Waals surface area (Å²) in [6, 6.07) is 14.3. The molecule has 3 rings (SSSR count). The molecule has 2 aromatic carbocycles. The number of halogens is 1. The molecule has 0 unspecified atom stereocenters. The highest BCUT2D eigenvalue weighted by Gasteiger charge is 2.17. The molecular formula is C19H17ClN4O2. The summed E-state index contributed by atoms with van der Waals surface area (Å²) in [6.45, 7) is 2.00. The summed E-state index contributed by atoms with van der Waals surface area (Å²) in [5.74, 6) is 0.268. The fraction of sp³-hybridized carbons (Fsp3) is 0.105. The molecule has 1 heterocycles. The molecule has 0 saturated heterocycles. The number of ether oxygens (including phenoxy) is 1. The fourth-order valence-electron chi connectivity index (χ4n) is 2.36. The number of nitrogens with zero attached hydrogens (tertiary/aromatic N) is 2. The van der Waals surface area contributed by atoms with E-state index in [0.29, 0.717) is 28.0 Å². The van der Waals surface area contributed by atoms with Crippen molar-refractivity contribution in [1.82, 2.24) is 9.97 Å². The van der Waals surface area contributed by atoms with Crippen molar-refractivity contribution in [2.75, 3.05) is 17.7 Å². The quantitative estimate of drug-likeness (QED) is 0.515. The standard InChI is InChI=1S/C19H17ClN4O2/c1-2-26-19(25)16-11-22-17(12-5-3-7-14(21)9-12)24-18(16)23-15-8-4-6-13(20)10-15/h3-11H,2,21H2,1H3,(H,22,23,24). The Hall–Kier alpha value is -3.12. The Morgan fingerprint density at radius 1 is 1.23 bits per heavy atom. The highest BCUT2D eigenvalue weighted by molar-refractivity contribution is 6.30. The van der Waals surface area contributed by atoms with Gasteiger partial charge in [0.25, 0.3) is 0 Å². The zero-order chi connectivity index (χ0) is 18.5. The minimum Gasteiger partial charge on any atom is -0.462 e. The maximum atomic E-state index is 12.2.